The molecule has 2 nitrogen and oxygen atoms in total. The number of nitrogens with zero attached hydrogens (tertiary/aromatic N) is 1. The van der Waals surface area contributed by atoms with Crippen LogP contribution in [0.5, 0.6) is 0 Å². The first-order valence-electron chi connectivity index (χ1n) is 4.67. The lowest BCUT2D eigenvalue weighted by Crippen LogP contribution is -2.17. The molecule has 0 saturated carbocycles. The van der Waals surface area contributed by atoms with Gasteiger partial charge in [0.05, 0.1) is 5.70 Å². The van der Waals surface area contributed by atoms with Crippen LogP contribution in [0.3, 0.4) is 0 Å². The maximum atomic E-state index is 10.3. The Labute approximate surface area is 83.0 Å². The maximum absolute atomic E-state index is 10.3. The van der Waals surface area contributed by atoms with E-state index in [1.54, 1.807) is 6.08 Å². The van der Waals surface area contributed by atoms with Crippen LogP contribution in [0.1, 0.15) is 6.92 Å². The molecule has 2 aliphatic carbocycles. The summed E-state index contributed by atoms with van der Waals surface area (Å²) < 4.78 is 0. The highest BCUT2D eigenvalue weighted by Gasteiger charge is 2.25. The molecule has 0 saturated heterocycles. The van der Waals surface area contributed by atoms with Gasteiger partial charge in [0.1, 0.15) is 0 Å². The fourth-order valence-corrected chi connectivity index (χ4v) is 1.98. The Balaban J connectivity index is 2.42. The van der Waals surface area contributed by atoms with Crippen LogP contribution in [0.4, 0.5) is 0 Å². The molecular formula is C12H11NO. The van der Waals surface area contributed by atoms with Crippen LogP contribution in [0.25, 0.3) is 0 Å². The third kappa shape index (κ3) is 1.40. The average molecular weight is 185 g/mol. The number of rotatable bonds is 1. The van der Waals surface area contributed by atoms with Crippen molar-refractivity contribution in [1.82, 2.24) is 0 Å². The molecule has 0 spiro atoms. The average Bonchev–Trinajstić information content (AvgIpc) is 2.19. The van der Waals surface area contributed by atoms with Gasteiger partial charge in [-0.2, -0.15) is 4.99 Å². The quantitative estimate of drug-likeness (QED) is 0.456. The monoisotopic (exact) mass is 185 g/mol. The zero-order valence-electron chi connectivity index (χ0n) is 7.97. The van der Waals surface area contributed by atoms with E-state index in [1.165, 1.54) is 5.57 Å². The summed E-state index contributed by atoms with van der Waals surface area (Å²) >= 11 is 0. The van der Waals surface area contributed by atoms with Gasteiger partial charge in [-0.3, -0.25) is 0 Å². The van der Waals surface area contributed by atoms with Crippen LogP contribution in [-0.2, 0) is 4.79 Å². The molecule has 2 unspecified atom stereocenters. The molecule has 0 aromatic carbocycles. The highest BCUT2D eigenvalue weighted by Crippen LogP contribution is 2.35. The van der Waals surface area contributed by atoms with E-state index >= 15 is 0 Å². The number of isocyanates is 1. The van der Waals surface area contributed by atoms with E-state index < -0.39 is 0 Å². The number of fused-ring (bicyclic) bond motifs is 1. The molecule has 0 amide bonds. The zero-order chi connectivity index (χ0) is 9.97. The predicted molar refractivity (Wildman–Crippen MR) is 55.2 cm³/mol. The molecule has 2 aliphatic rings. The van der Waals surface area contributed by atoms with E-state index in [2.05, 4.69) is 36.2 Å². The van der Waals surface area contributed by atoms with Crippen LogP contribution < -0.4 is 0 Å². The van der Waals surface area contributed by atoms with E-state index in [1.807, 2.05) is 12.2 Å². The first-order chi connectivity index (χ1) is 6.83. The van der Waals surface area contributed by atoms with Crippen molar-refractivity contribution in [3.05, 3.63) is 47.7 Å². The molecule has 0 fully saturated rings. The fraction of sp³-hybridized carbons (Fsp3) is 0.250. The molecule has 0 N–H and O–H groups in total. The number of carbonyl (C=O) groups excluding carboxylic acids is 1. The van der Waals surface area contributed by atoms with Crippen LogP contribution in [0.15, 0.2) is 52.7 Å². The molecule has 14 heavy (non-hydrogen) atoms. The second kappa shape index (κ2) is 3.60. The minimum absolute atomic E-state index is 0.228. The number of allylic oxidation sites excluding steroid dienone is 7. The van der Waals surface area contributed by atoms with E-state index in [0.29, 0.717) is 5.92 Å². The van der Waals surface area contributed by atoms with Crippen molar-refractivity contribution in [3.8, 4) is 0 Å². The number of hydrogen-bond acceptors (Lipinski definition) is 2. The first kappa shape index (κ1) is 8.92. The second-order valence-corrected chi connectivity index (χ2v) is 3.54. The third-order valence-corrected chi connectivity index (χ3v) is 2.64. The Kier molecular flexibility index (Phi) is 2.30. The van der Waals surface area contributed by atoms with Gasteiger partial charge in [-0.25, -0.2) is 4.79 Å². The molecule has 2 heteroatoms. The minimum atomic E-state index is 0.228. The summed E-state index contributed by atoms with van der Waals surface area (Å²) in [4.78, 5) is 14.0. The third-order valence-electron chi connectivity index (χ3n) is 2.64. The lowest BCUT2D eigenvalue weighted by molar-refractivity contribution is 0.540. The van der Waals surface area contributed by atoms with Crippen molar-refractivity contribution in [2.45, 2.75) is 6.92 Å². The Bertz CT molecular complexity index is 406. The van der Waals surface area contributed by atoms with E-state index in [-0.39, 0.29) is 5.92 Å². The van der Waals surface area contributed by atoms with E-state index in [0.717, 1.165) is 5.70 Å². The van der Waals surface area contributed by atoms with Crippen molar-refractivity contribution in [2.24, 2.45) is 16.8 Å². The fourth-order valence-electron chi connectivity index (χ4n) is 1.98. The minimum Gasteiger partial charge on any atom is -0.211 e. The summed E-state index contributed by atoms with van der Waals surface area (Å²) in [6, 6.07) is 0. The Morgan fingerprint density at radius 2 is 2.21 bits per heavy atom. The van der Waals surface area contributed by atoms with Crippen LogP contribution in [0.2, 0.25) is 0 Å². The lowest BCUT2D eigenvalue weighted by atomic mass is 9.79. The van der Waals surface area contributed by atoms with Crippen LogP contribution in [0, 0.1) is 11.8 Å². The molecule has 70 valence electrons. The number of aliphatic imine (C=N–C) groups is 1. The predicted octanol–water partition coefficient (Wildman–Crippen LogP) is 2.52. The Morgan fingerprint density at radius 1 is 1.36 bits per heavy atom. The smallest absolute Gasteiger partial charge is 0.211 e. The molecule has 0 radical (unpaired) electrons. The van der Waals surface area contributed by atoms with Crippen LogP contribution >= 0.6 is 0 Å². The highest BCUT2D eigenvalue weighted by atomic mass is 16.1. The van der Waals surface area contributed by atoms with Gasteiger partial charge in [-0.05, 0) is 17.6 Å². The zero-order valence-corrected chi connectivity index (χ0v) is 7.97. The maximum Gasteiger partial charge on any atom is 0.240 e. The molecule has 0 heterocycles. The molecule has 2 atom stereocenters. The largest absolute Gasteiger partial charge is 0.240 e. The van der Waals surface area contributed by atoms with E-state index in [4.69, 9.17) is 0 Å². The summed E-state index contributed by atoms with van der Waals surface area (Å²) in [5.41, 5.74) is 2.03. The van der Waals surface area contributed by atoms with E-state index in [9.17, 15) is 4.79 Å². The molecule has 2 rings (SSSR count). The van der Waals surface area contributed by atoms with Crippen LogP contribution in [-0.4, -0.2) is 6.08 Å². The van der Waals surface area contributed by atoms with Crippen molar-refractivity contribution < 1.29 is 4.79 Å². The summed E-state index contributed by atoms with van der Waals surface area (Å²) in [7, 11) is 0. The molecule has 0 aromatic rings. The Morgan fingerprint density at radius 3 is 3.00 bits per heavy atom. The SMILES string of the molecule is CC1C=CC=C2C=CC=C(N=C=O)C21. The highest BCUT2D eigenvalue weighted by molar-refractivity contribution is 5.47. The first-order valence-corrected chi connectivity index (χ1v) is 4.67. The lowest BCUT2D eigenvalue weighted by Gasteiger charge is -2.27. The van der Waals surface area contributed by atoms with Crippen molar-refractivity contribution in [1.29, 1.82) is 0 Å². The number of hydrogen-bond donors (Lipinski definition) is 0. The standard InChI is InChI=1S/C12H11NO/c1-9-4-2-5-10-6-3-7-11(12(9)10)13-8-14/h2-7,9,12H,1H3. The molecule has 0 aromatic heterocycles. The Hall–Kier alpha value is -1.66. The molecular weight excluding hydrogens is 174 g/mol. The van der Waals surface area contributed by atoms with Gasteiger partial charge in [0, 0.05) is 5.92 Å². The molecule has 0 bridgehead atoms. The summed E-state index contributed by atoms with van der Waals surface area (Å²) in [5, 5.41) is 0. The summed E-state index contributed by atoms with van der Waals surface area (Å²) in [6.45, 7) is 2.13. The van der Waals surface area contributed by atoms with Gasteiger partial charge >= 0.3 is 0 Å². The topological polar surface area (TPSA) is 29.4 Å². The summed E-state index contributed by atoms with van der Waals surface area (Å²) in [6.07, 6.45) is 13.7. The van der Waals surface area contributed by atoms with Crippen molar-refractivity contribution in [3.63, 3.8) is 0 Å². The summed E-state index contributed by atoms with van der Waals surface area (Å²) in [5.74, 6) is 0.620. The van der Waals surface area contributed by atoms with Gasteiger partial charge in [0.15, 0.2) is 0 Å². The van der Waals surface area contributed by atoms with Gasteiger partial charge in [-0.1, -0.05) is 37.3 Å². The van der Waals surface area contributed by atoms with Crippen molar-refractivity contribution in [2.75, 3.05) is 0 Å². The second-order valence-electron chi connectivity index (χ2n) is 3.54. The van der Waals surface area contributed by atoms with Gasteiger partial charge in [0.25, 0.3) is 0 Å². The van der Waals surface area contributed by atoms with Gasteiger partial charge in [0.2, 0.25) is 6.08 Å². The molecule has 0 aliphatic heterocycles. The van der Waals surface area contributed by atoms with Crippen molar-refractivity contribution >= 4 is 6.08 Å². The van der Waals surface area contributed by atoms with Gasteiger partial charge < -0.3 is 0 Å². The normalized spacial score (nSPS) is 28.6. The van der Waals surface area contributed by atoms with Gasteiger partial charge in [-0.15, -0.1) is 0 Å².